The molecule has 200 valence electrons. The molecule has 15 nitrogen and oxygen atoms in total. The Balaban J connectivity index is 0.000000201. The van der Waals surface area contributed by atoms with Crippen molar-refractivity contribution < 1.29 is 40.1 Å². The summed E-state index contributed by atoms with van der Waals surface area (Å²) in [6, 6.07) is 0. The van der Waals surface area contributed by atoms with Gasteiger partial charge in [0.05, 0.1) is 18.8 Å². The van der Waals surface area contributed by atoms with E-state index in [0.29, 0.717) is 5.56 Å². The highest BCUT2D eigenvalue weighted by Crippen LogP contribution is 2.31. The molecule has 0 aliphatic carbocycles. The monoisotopic (exact) mass is 532 g/mol. The molecule has 2 fully saturated rings. The van der Waals surface area contributed by atoms with E-state index in [0.717, 1.165) is 4.57 Å². The second kappa shape index (κ2) is 11.2. The van der Waals surface area contributed by atoms with Crippen molar-refractivity contribution in [3.8, 4) is 0 Å². The average Bonchev–Trinajstić information content (AvgIpc) is 3.29. The third kappa shape index (κ3) is 5.41. The quantitative estimate of drug-likeness (QED) is 0.176. The molecule has 8 atom stereocenters. The molecule has 0 saturated carbocycles. The highest BCUT2D eigenvalue weighted by Gasteiger charge is 2.44. The van der Waals surface area contributed by atoms with Crippen LogP contribution in [0.5, 0.6) is 0 Å². The van der Waals surface area contributed by atoms with Crippen LogP contribution >= 0.6 is 12.2 Å². The highest BCUT2D eigenvalue weighted by atomic mass is 32.1. The number of hydrogen-bond donors (Lipinski definition) is 8. The molecule has 4 rings (SSSR count). The van der Waals surface area contributed by atoms with Crippen LogP contribution in [0.2, 0.25) is 0 Å². The minimum absolute atomic E-state index is 0.0274. The number of nitrogens with one attached hydrogen (secondary N) is 2. The number of rotatable bonds is 4. The van der Waals surface area contributed by atoms with Crippen LogP contribution in [0.4, 0.5) is 0 Å². The van der Waals surface area contributed by atoms with E-state index in [4.69, 9.17) is 31.9 Å². The number of aromatic nitrogens is 4. The fraction of sp³-hybridized carbons (Fsp3) is 0.600. The van der Waals surface area contributed by atoms with Crippen LogP contribution < -0.4 is 16.8 Å². The van der Waals surface area contributed by atoms with Crippen molar-refractivity contribution in [1.82, 2.24) is 19.1 Å². The predicted octanol–water partition coefficient (Wildman–Crippen LogP) is -3.95. The zero-order chi connectivity index (χ0) is 26.9. The van der Waals surface area contributed by atoms with Crippen LogP contribution in [-0.4, -0.2) is 99.6 Å². The van der Waals surface area contributed by atoms with Gasteiger partial charge in [0, 0.05) is 25.0 Å². The molecule has 0 amide bonds. The number of H-pyrrole nitrogens is 2. The minimum Gasteiger partial charge on any atom is -0.394 e. The third-order valence-corrected chi connectivity index (χ3v) is 6.23. The molecule has 2 aliphatic heterocycles. The largest absolute Gasteiger partial charge is 0.394 e. The van der Waals surface area contributed by atoms with Crippen LogP contribution in [-0.2, 0) is 16.5 Å². The van der Waals surface area contributed by atoms with E-state index in [1.807, 2.05) is 0 Å². The minimum atomic E-state index is -1.33. The van der Waals surface area contributed by atoms with Crippen LogP contribution in [0.15, 0.2) is 26.8 Å². The summed E-state index contributed by atoms with van der Waals surface area (Å²) >= 11 is 4.97. The molecule has 0 bridgehead atoms. The molecule has 2 saturated heterocycles. The van der Waals surface area contributed by atoms with Gasteiger partial charge >= 0.3 is 5.69 Å². The number of hydrogen-bond acceptors (Lipinski definition) is 12. The SMILES string of the molecule is Cc1cn([C@@H]2O[C@H](CO)[C@@H](O)[C@H]2O)c(=S)[nH]c1=O.Cn1cc([C@@H]2O[C@H](CO)[C@@H](O)[C@H]2O)c(=O)[nH]c1=O. The lowest BCUT2D eigenvalue weighted by molar-refractivity contribution is -0.0542. The van der Waals surface area contributed by atoms with Gasteiger partial charge in [-0.05, 0) is 19.1 Å². The first kappa shape index (κ1) is 28.0. The van der Waals surface area contributed by atoms with E-state index in [1.165, 1.54) is 24.0 Å². The fourth-order valence-corrected chi connectivity index (χ4v) is 4.08. The van der Waals surface area contributed by atoms with Gasteiger partial charge in [-0.25, -0.2) is 4.79 Å². The Morgan fingerprint density at radius 2 is 1.47 bits per heavy atom. The van der Waals surface area contributed by atoms with Crippen molar-refractivity contribution >= 4 is 12.2 Å². The standard InChI is InChI=1S/C10H14N2O6.C10H14N2O5S/c1-12-2-4(9(16)11-10(12)17)8-7(15)6(14)5(3-13)18-8;1-4-2-12(10(18)11-8(4)16)9-7(15)6(14)5(3-13)17-9/h2,5-8,13-15H,3H2,1H3,(H,11,16,17);2,5-7,9,13-15H,3H2,1H3,(H,11,16,18)/t5-,6-,7-,8+;5-,6-,7-,9-/m11/s1. The van der Waals surface area contributed by atoms with E-state index in [1.54, 1.807) is 6.92 Å². The van der Waals surface area contributed by atoms with E-state index < -0.39 is 73.4 Å². The maximum absolute atomic E-state index is 11.6. The Bertz CT molecular complexity index is 1200. The summed E-state index contributed by atoms with van der Waals surface area (Å²) in [6.45, 7) is 0.703. The first-order chi connectivity index (χ1) is 16.9. The van der Waals surface area contributed by atoms with E-state index >= 15 is 0 Å². The Kier molecular flexibility index (Phi) is 8.75. The van der Waals surface area contributed by atoms with Crippen LogP contribution in [0, 0.1) is 11.7 Å². The summed E-state index contributed by atoms with van der Waals surface area (Å²) in [5.41, 5.74) is -1.16. The summed E-state index contributed by atoms with van der Waals surface area (Å²) in [6.07, 6.45) is -6.19. The third-order valence-electron chi connectivity index (χ3n) is 5.92. The number of aromatic amines is 2. The van der Waals surface area contributed by atoms with Gasteiger partial charge < -0.3 is 44.7 Å². The Morgan fingerprint density at radius 1 is 0.889 bits per heavy atom. The molecule has 36 heavy (non-hydrogen) atoms. The maximum atomic E-state index is 11.6. The molecule has 4 heterocycles. The molecule has 0 aromatic carbocycles. The Morgan fingerprint density at radius 3 is 2.03 bits per heavy atom. The van der Waals surface area contributed by atoms with Gasteiger partial charge in [-0.15, -0.1) is 0 Å². The van der Waals surface area contributed by atoms with Crippen molar-refractivity contribution in [1.29, 1.82) is 0 Å². The van der Waals surface area contributed by atoms with Gasteiger partial charge in [-0.1, -0.05) is 0 Å². The Hall–Kier alpha value is -2.54. The zero-order valence-corrected chi connectivity index (χ0v) is 20.0. The highest BCUT2D eigenvalue weighted by molar-refractivity contribution is 7.71. The smallest absolute Gasteiger partial charge is 0.328 e. The van der Waals surface area contributed by atoms with Crippen LogP contribution in [0.25, 0.3) is 0 Å². The molecule has 2 aliphatic rings. The fourth-order valence-electron chi connectivity index (χ4n) is 3.83. The molecule has 2 aromatic heterocycles. The Labute approximate surface area is 207 Å². The summed E-state index contributed by atoms with van der Waals surface area (Å²) in [7, 11) is 1.43. The number of aryl methyl sites for hydroxylation is 2. The molecule has 0 spiro atoms. The topological polar surface area (TPSA) is 232 Å². The van der Waals surface area contributed by atoms with E-state index in [2.05, 4.69) is 9.97 Å². The normalized spacial score (nSPS) is 31.8. The predicted molar refractivity (Wildman–Crippen MR) is 123 cm³/mol. The average molecular weight is 533 g/mol. The van der Waals surface area contributed by atoms with Gasteiger partial charge in [0.1, 0.15) is 42.7 Å². The number of nitrogens with zero attached hydrogens (tertiary/aromatic N) is 2. The number of aliphatic hydroxyl groups excluding tert-OH is 6. The summed E-state index contributed by atoms with van der Waals surface area (Å²) in [5, 5.41) is 56.8. The van der Waals surface area contributed by atoms with Crippen molar-refractivity contribution in [2.45, 2.75) is 55.9 Å². The summed E-state index contributed by atoms with van der Waals surface area (Å²) < 4.78 is 13.1. The molecule has 0 radical (unpaired) electrons. The van der Waals surface area contributed by atoms with Gasteiger partial charge in [0.25, 0.3) is 11.1 Å². The summed E-state index contributed by atoms with van der Waals surface area (Å²) in [5.74, 6) is 0. The molecular weight excluding hydrogens is 504 g/mol. The van der Waals surface area contributed by atoms with Crippen molar-refractivity contribution in [2.75, 3.05) is 13.2 Å². The lowest BCUT2D eigenvalue weighted by Gasteiger charge is -2.18. The molecular formula is C20H28N4O11S. The maximum Gasteiger partial charge on any atom is 0.328 e. The van der Waals surface area contributed by atoms with Crippen LogP contribution in [0.3, 0.4) is 0 Å². The van der Waals surface area contributed by atoms with E-state index in [9.17, 15) is 34.8 Å². The van der Waals surface area contributed by atoms with Gasteiger partial charge in [0.2, 0.25) is 0 Å². The molecule has 0 unspecified atom stereocenters. The molecule has 16 heteroatoms. The van der Waals surface area contributed by atoms with E-state index in [-0.39, 0.29) is 15.9 Å². The molecule has 8 N–H and O–H groups in total. The van der Waals surface area contributed by atoms with Crippen molar-refractivity contribution in [2.24, 2.45) is 7.05 Å². The van der Waals surface area contributed by atoms with Gasteiger partial charge in [-0.2, -0.15) is 0 Å². The van der Waals surface area contributed by atoms with Crippen molar-refractivity contribution in [3.05, 3.63) is 59.5 Å². The number of aliphatic hydroxyl groups is 6. The lowest BCUT2D eigenvalue weighted by atomic mass is 10.0. The summed E-state index contributed by atoms with van der Waals surface area (Å²) in [4.78, 5) is 38.7. The van der Waals surface area contributed by atoms with Gasteiger partial charge in [-0.3, -0.25) is 24.1 Å². The molecule has 2 aromatic rings. The first-order valence-electron chi connectivity index (χ1n) is 10.8. The van der Waals surface area contributed by atoms with Crippen LogP contribution in [0.1, 0.15) is 23.5 Å². The van der Waals surface area contributed by atoms with Gasteiger partial charge in [0.15, 0.2) is 11.0 Å². The first-order valence-corrected chi connectivity index (χ1v) is 11.2. The number of ether oxygens (including phenoxy) is 2. The van der Waals surface area contributed by atoms with Crippen molar-refractivity contribution in [3.63, 3.8) is 0 Å². The zero-order valence-electron chi connectivity index (χ0n) is 19.2. The second-order valence-corrected chi connectivity index (χ2v) is 8.81. The second-order valence-electron chi connectivity index (χ2n) is 8.42. The lowest BCUT2D eigenvalue weighted by Crippen LogP contribution is -2.35.